The molecule has 0 saturated heterocycles. The Labute approximate surface area is 198 Å². The number of aldehydes is 1. The van der Waals surface area contributed by atoms with E-state index in [2.05, 4.69) is 41.4 Å². The van der Waals surface area contributed by atoms with E-state index in [1.807, 2.05) is 48.5 Å². The monoisotopic (exact) mass is 458 g/mol. The minimum Gasteiger partial charge on any atom is -0.296 e. The quantitative estimate of drug-likeness (QED) is 0.356. The van der Waals surface area contributed by atoms with Gasteiger partial charge in [0.15, 0.2) is 12.1 Å². The number of H-pyrrole nitrogens is 1. The lowest BCUT2D eigenvalue weighted by atomic mass is 9.98. The molecule has 8 nitrogen and oxygen atoms in total. The maximum atomic E-state index is 13.3. The molecule has 0 aliphatic carbocycles. The molecule has 34 heavy (non-hydrogen) atoms. The van der Waals surface area contributed by atoms with Crippen LogP contribution in [0.4, 0.5) is 0 Å². The van der Waals surface area contributed by atoms with Crippen molar-refractivity contribution in [3.8, 4) is 22.5 Å². The second-order valence-corrected chi connectivity index (χ2v) is 8.92. The molecule has 0 saturated carbocycles. The maximum absolute atomic E-state index is 13.3. The van der Waals surface area contributed by atoms with Gasteiger partial charge in [-0.05, 0) is 45.9 Å². The highest BCUT2D eigenvalue weighted by Crippen LogP contribution is 2.29. The molecule has 0 aliphatic rings. The van der Waals surface area contributed by atoms with Crippen LogP contribution in [0, 0.1) is 5.92 Å². The fraction of sp³-hybridized carbons (Fsp3) is 0.346. The Morgan fingerprint density at radius 1 is 1.03 bits per heavy atom. The molecular formula is C26H30N6O2. The lowest BCUT2D eigenvalue weighted by Gasteiger charge is -2.10. The zero-order valence-electron chi connectivity index (χ0n) is 19.9. The minimum atomic E-state index is -0.117. The first-order chi connectivity index (χ1) is 16.5. The van der Waals surface area contributed by atoms with Crippen LogP contribution in [-0.2, 0) is 19.5 Å². The molecule has 2 aromatic carbocycles. The van der Waals surface area contributed by atoms with Gasteiger partial charge in [0.1, 0.15) is 5.69 Å². The maximum Gasteiger partial charge on any atom is 0.329 e. The van der Waals surface area contributed by atoms with Crippen molar-refractivity contribution >= 4 is 6.29 Å². The number of hydrogen-bond acceptors (Lipinski definition) is 5. The number of nitrogens with zero attached hydrogens (tertiary/aromatic N) is 5. The number of aromatic amines is 1. The lowest BCUT2D eigenvalue weighted by Crippen LogP contribution is -2.27. The molecule has 0 fully saturated rings. The van der Waals surface area contributed by atoms with E-state index in [0.29, 0.717) is 31.0 Å². The summed E-state index contributed by atoms with van der Waals surface area (Å²) in [5.41, 5.74) is 5.18. The fourth-order valence-electron chi connectivity index (χ4n) is 4.29. The van der Waals surface area contributed by atoms with Gasteiger partial charge < -0.3 is 0 Å². The van der Waals surface area contributed by atoms with Gasteiger partial charge in [0.25, 0.3) is 0 Å². The number of rotatable bonds is 10. The number of aromatic nitrogens is 6. The van der Waals surface area contributed by atoms with Crippen molar-refractivity contribution in [1.82, 2.24) is 29.8 Å². The SMILES string of the molecule is CCCCc1c(C=O)n(CC(C)C)c(=O)n1Cc1ccc(-c2ccccc2-c2nnn[nH]2)cc1. The number of hydrogen-bond donors (Lipinski definition) is 1. The van der Waals surface area contributed by atoms with Gasteiger partial charge in [0, 0.05) is 12.1 Å². The van der Waals surface area contributed by atoms with Gasteiger partial charge in [0.05, 0.1) is 12.2 Å². The molecule has 0 amide bonds. The summed E-state index contributed by atoms with van der Waals surface area (Å²) < 4.78 is 3.41. The van der Waals surface area contributed by atoms with E-state index in [-0.39, 0.29) is 11.6 Å². The van der Waals surface area contributed by atoms with Crippen molar-refractivity contribution in [1.29, 1.82) is 0 Å². The van der Waals surface area contributed by atoms with Gasteiger partial charge in [-0.3, -0.25) is 13.9 Å². The number of imidazole rings is 1. The van der Waals surface area contributed by atoms with Crippen molar-refractivity contribution in [2.75, 3.05) is 0 Å². The summed E-state index contributed by atoms with van der Waals surface area (Å²) in [7, 11) is 0. The van der Waals surface area contributed by atoms with E-state index in [4.69, 9.17) is 0 Å². The van der Waals surface area contributed by atoms with Crippen LogP contribution in [-0.4, -0.2) is 36.0 Å². The van der Waals surface area contributed by atoms with Gasteiger partial charge in [-0.15, -0.1) is 5.10 Å². The van der Waals surface area contributed by atoms with Gasteiger partial charge >= 0.3 is 5.69 Å². The van der Waals surface area contributed by atoms with Gasteiger partial charge in [-0.25, -0.2) is 9.89 Å². The second-order valence-electron chi connectivity index (χ2n) is 8.92. The van der Waals surface area contributed by atoms with Crippen LogP contribution >= 0.6 is 0 Å². The number of tetrazole rings is 1. The van der Waals surface area contributed by atoms with Crippen LogP contribution in [0.15, 0.2) is 53.3 Å². The van der Waals surface area contributed by atoms with Gasteiger partial charge in [-0.1, -0.05) is 75.7 Å². The summed E-state index contributed by atoms with van der Waals surface area (Å²) in [6.07, 6.45) is 3.47. The molecule has 8 heteroatoms. The van der Waals surface area contributed by atoms with Crippen LogP contribution in [0.2, 0.25) is 0 Å². The van der Waals surface area contributed by atoms with Crippen molar-refractivity contribution in [3.05, 3.63) is 76.0 Å². The molecule has 1 N–H and O–H groups in total. The molecule has 2 heterocycles. The third kappa shape index (κ3) is 4.76. The highest BCUT2D eigenvalue weighted by molar-refractivity contribution is 5.80. The number of benzene rings is 2. The first-order valence-corrected chi connectivity index (χ1v) is 11.7. The fourth-order valence-corrected chi connectivity index (χ4v) is 4.29. The summed E-state index contributed by atoms with van der Waals surface area (Å²) in [5.74, 6) is 0.880. The number of carbonyl (C=O) groups is 1. The van der Waals surface area contributed by atoms with Crippen LogP contribution in [0.1, 0.15) is 55.4 Å². The molecule has 0 atom stereocenters. The summed E-state index contributed by atoms with van der Waals surface area (Å²) in [5, 5.41) is 14.2. The Morgan fingerprint density at radius 3 is 2.38 bits per heavy atom. The first-order valence-electron chi connectivity index (χ1n) is 11.7. The number of nitrogens with one attached hydrogen (secondary N) is 1. The molecule has 4 rings (SSSR count). The Balaban J connectivity index is 1.68. The van der Waals surface area contributed by atoms with Gasteiger partial charge in [0.2, 0.25) is 0 Å². The summed E-state index contributed by atoms with van der Waals surface area (Å²) in [4.78, 5) is 25.2. The average molecular weight is 459 g/mol. The highest BCUT2D eigenvalue weighted by Gasteiger charge is 2.20. The first kappa shape index (κ1) is 23.4. The number of unbranched alkanes of at least 4 members (excludes halogenated alkanes) is 1. The molecule has 0 unspecified atom stereocenters. The van der Waals surface area contributed by atoms with Crippen LogP contribution < -0.4 is 5.69 Å². The van der Waals surface area contributed by atoms with Crippen LogP contribution in [0.5, 0.6) is 0 Å². The van der Waals surface area contributed by atoms with Crippen LogP contribution in [0.3, 0.4) is 0 Å². The topological polar surface area (TPSA) is 98.5 Å². The molecule has 176 valence electrons. The Hall–Kier alpha value is -3.81. The largest absolute Gasteiger partial charge is 0.329 e. The minimum absolute atomic E-state index is 0.117. The zero-order chi connectivity index (χ0) is 24.1. The summed E-state index contributed by atoms with van der Waals surface area (Å²) in [6.45, 7) is 7.17. The van der Waals surface area contributed by atoms with E-state index < -0.39 is 0 Å². The molecule has 0 bridgehead atoms. The van der Waals surface area contributed by atoms with E-state index in [1.54, 1.807) is 9.13 Å². The predicted molar refractivity (Wildman–Crippen MR) is 132 cm³/mol. The molecule has 0 radical (unpaired) electrons. The van der Waals surface area contributed by atoms with Crippen molar-refractivity contribution in [2.24, 2.45) is 5.92 Å². The van der Waals surface area contributed by atoms with Crippen molar-refractivity contribution in [2.45, 2.75) is 53.1 Å². The third-order valence-electron chi connectivity index (χ3n) is 5.93. The summed E-state index contributed by atoms with van der Waals surface area (Å²) in [6, 6.07) is 16.1. The van der Waals surface area contributed by atoms with Crippen molar-refractivity contribution in [3.63, 3.8) is 0 Å². The second kappa shape index (κ2) is 10.4. The zero-order valence-corrected chi connectivity index (χ0v) is 19.9. The molecule has 4 aromatic rings. The standard InChI is InChI=1S/C26H30N6O2/c1-4-5-10-23-24(17-33)31(15-18(2)3)26(34)32(23)16-19-11-13-20(14-12-19)21-8-6-7-9-22(21)25-27-29-30-28-25/h6-9,11-14,17-18H,4-5,10,15-16H2,1-3H3,(H,27,28,29,30). The third-order valence-corrected chi connectivity index (χ3v) is 5.93. The van der Waals surface area contributed by atoms with Crippen LogP contribution in [0.25, 0.3) is 22.5 Å². The Morgan fingerprint density at radius 2 is 1.76 bits per heavy atom. The van der Waals surface area contributed by atoms with E-state index in [9.17, 15) is 9.59 Å². The Bertz CT molecular complexity index is 1300. The van der Waals surface area contributed by atoms with E-state index in [1.165, 1.54) is 0 Å². The average Bonchev–Trinajstić information content (AvgIpc) is 3.46. The predicted octanol–water partition coefficient (Wildman–Crippen LogP) is 4.36. The molecule has 0 spiro atoms. The normalized spacial score (nSPS) is 11.3. The molecule has 0 aliphatic heterocycles. The van der Waals surface area contributed by atoms with Crippen molar-refractivity contribution < 1.29 is 4.79 Å². The summed E-state index contributed by atoms with van der Waals surface area (Å²) >= 11 is 0. The van der Waals surface area contributed by atoms with E-state index in [0.717, 1.165) is 47.1 Å². The molecule has 2 aromatic heterocycles. The Kier molecular flexibility index (Phi) is 7.15. The number of carbonyl (C=O) groups excluding carboxylic acids is 1. The lowest BCUT2D eigenvalue weighted by molar-refractivity contribution is 0.111. The van der Waals surface area contributed by atoms with Gasteiger partial charge in [-0.2, -0.15) is 0 Å². The highest BCUT2D eigenvalue weighted by atomic mass is 16.2. The molecular weight excluding hydrogens is 428 g/mol. The smallest absolute Gasteiger partial charge is 0.296 e. The van der Waals surface area contributed by atoms with E-state index >= 15 is 0 Å².